The molecule has 4 heteroatoms. The van der Waals surface area contributed by atoms with Crippen molar-refractivity contribution >= 4 is 17.1 Å². The van der Waals surface area contributed by atoms with Crippen molar-refractivity contribution in [3.05, 3.63) is 47.5 Å². The Morgan fingerprint density at radius 2 is 1.50 bits per heavy atom. The quantitative estimate of drug-likeness (QED) is 0.616. The number of hydrogen-bond donors (Lipinski definition) is 2. The highest BCUT2D eigenvalue weighted by molar-refractivity contribution is 5.59. The smallest absolute Gasteiger partial charge is 0.115 e. The maximum atomic E-state index is 9.17. The summed E-state index contributed by atoms with van der Waals surface area (Å²) in [6.07, 6.45) is 0. The van der Waals surface area contributed by atoms with Crippen LogP contribution in [-0.2, 0) is 0 Å². The first kappa shape index (κ1) is 12.1. The zero-order valence-electron chi connectivity index (χ0n) is 10.4. The van der Waals surface area contributed by atoms with Gasteiger partial charge in [0.1, 0.15) is 5.75 Å². The number of anilines is 1. The Morgan fingerprint density at radius 1 is 0.944 bits per heavy atom. The Bertz CT molecular complexity index is 565. The number of rotatable bonds is 2. The van der Waals surface area contributed by atoms with Crippen molar-refractivity contribution in [2.24, 2.45) is 10.2 Å². The van der Waals surface area contributed by atoms with Gasteiger partial charge in [-0.2, -0.15) is 10.2 Å². The maximum Gasteiger partial charge on any atom is 0.115 e. The van der Waals surface area contributed by atoms with Crippen molar-refractivity contribution in [2.45, 2.75) is 13.8 Å². The highest BCUT2D eigenvalue weighted by atomic mass is 16.3. The summed E-state index contributed by atoms with van der Waals surface area (Å²) in [6, 6.07) is 10.3. The molecule has 0 aliphatic heterocycles. The van der Waals surface area contributed by atoms with Gasteiger partial charge in [-0.1, -0.05) is 0 Å². The van der Waals surface area contributed by atoms with Gasteiger partial charge in [0.2, 0.25) is 0 Å². The maximum absolute atomic E-state index is 9.17. The van der Waals surface area contributed by atoms with Crippen molar-refractivity contribution in [1.82, 2.24) is 0 Å². The molecule has 0 fully saturated rings. The van der Waals surface area contributed by atoms with Crippen LogP contribution in [0.4, 0.5) is 17.1 Å². The minimum absolute atomic E-state index is 0.216. The van der Waals surface area contributed by atoms with Crippen LogP contribution in [0.3, 0.4) is 0 Å². The number of nitrogens with two attached hydrogens (primary N) is 1. The normalized spacial score (nSPS) is 11.0. The van der Waals surface area contributed by atoms with Gasteiger partial charge >= 0.3 is 0 Å². The fraction of sp³-hybridized carbons (Fsp3) is 0.143. The third-order valence-corrected chi connectivity index (χ3v) is 2.63. The number of nitrogens with zero attached hydrogens (tertiary/aromatic N) is 2. The lowest BCUT2D eigenvalue weighted by Gasteiger charge is -2.05. The molecule has 0 spiro atoms. The van der Waals surface area contributed by atoms with Crippen LogP contribution >= 0.6 is 0 Å². The van der Waals surface area contributed by atoms with E-state index < -0.39 is 0 Å². The minimum Gasteiger partial charge on any atom is -0.508 e. The molecule has 0 atom stereocenters. The van der Waals surface area contributed by atoms with E-state index in [1.807, 2.05) is 26.0 Å². The molecule has 2 aromatic rings. The number of nitrogen functional groups attached to an aromatic ring is 1. The molecule has 0 radical (unpaired) electrons. The van der Waals surface area contributed by atoms with Crippen LogP contribution in [0.5, 0.6) is 5.75 Å². The zero-order chi connectivity index (χ0) is 13.1. The minimum atomic E-state index is 0.216. The predicted octanol–water partition coefficient (Wildman–Crippen LogP) is 4.01. The van der Waals surface area contributed by atoms with Gasteiger partial charge in [-0.3, -0.25) is 0 Å². The van der Waals surface area contributed by atoms with Gasteiger partial charge in [-0.25, -0.2) is 0 Å². The number of phenolic OH excluding ortho intramolecular Hbond substituents is 1. The molecule has 2 rings (SSSR count). The van der Waals surface area contributed by atoms with E-state index in [-0.39, 0.29) is 5.75 Å². The molecule has 0 saturated carbocycles. The second-order valence-corrected chi connectivity index (χ2v) is 4.22. The first-order valence-electron chi connectivity index (χ1n) is 5.64. The summed E-state index contributed by atoms with van der Waals surface area (Å²) < 4.78 is 0. The summed E-state index contributed by atoms with van der Waals surface area (Å²) in [5.74, 6) is 0.216. The lowest BCUT2D eigenvalue weighted by molar-refractivity contribution is 0.475. The lowest BCUT2D eigenvalue weighted by Crippen LogP contribution is -1.88. The van der Waals surface area contributed by atoms with E-state index in [0.717, 1.165) is 22.5 Å². The monoisotopic (exact) mass is 241 g/mol. The molecule has 0 heterocycles. The Hall–Kier alpha value is -2.36. The van der Waals surface area contributed by atoms with Crippen molar-refractivity contribution in [3.8, 4) is 5.75 Å². The molecule has 92 valence electrons. The largest absolute Gasteiger partial charge is 0.508 e. The van der Waals surface area contributed by atoms with Gasteiger partial charge in [0, 0.05) is 5.69 Å². The number of phenols is 1. The Kier molecular flexibility index (Phi) is 3.28. The molecule has 4 nitrogen and oxygen atoms in total. The van der Waals surface area contributed by atoms with Crippen LogP contribution in [0.1, 0.15) is 11.1 Å². The lowest BCUT2D eigenvalue weighted by atomic mass is 10.1. The average molecular weight is 241 g/mol. The second-order valence-electron chi connectivity index (χ2n) is 4.22. The average Bonchev–Trinajstić information content (AvgIpc) is 2.30. The van der Waals surface area contributed by atoms with E-state index >= 15 is 0 Å². The number of aromatic hydroxyl groups is 1. The van der Waals surface area contributed by atoms with Crippen molar-refractivity contribution in [1.29, 1.82) is 0 Å². The summed E-state index contributed by atoms with van der Waals surface area (Å²) >= 11 is 0. The van der Waals surface area contributed by atoms with Gasteiger partial charge in [0.25, 0.3) is 0 Å². The van der Waals surface area contributed by atoms with Crippen molar-refractivity contribution in [2.75, 3.05) is 5.73 Å². The van der Waals surface area contributed by atoms with Crippen LogP contribution < -0.4 is 5.73 Å². The zero-order valence-corrected chi connectivity index (χ0v) is 10.4. The van der Waals surface area contributed by atoms with E-state index in [0.29, 0.717) is 5.69 Å². The topological polar surface area (TPSA) is 71.0 Å². The van der Waals surface area contributed by atoms with Gasteiger partial charge < -0.3 is 10.8 Å². The Morgan fingerprint density at radius 3 is 2.06 bits per heavy atom. The molecule has 0 aromatic heterocycles. The first-order valence-corrected chi connectivity index (χ1v) is 5.64. The van der Waals surface area contributed by atoms with E-state index in [1.165, 1.54) is 0 Å². The molecule has 0 bridgehead atoms. The second kappa shape index (κ2) is 4.87. The Labute approximate surface area is 106 Å². The van der Waals surface area contributed by atoms with Gasteiger partial charge in [0.05, 0.1) is 11.4 Å². The first-order chi connectivity index (χ1) is 8.56. The van der Waals surface area contributed by atoms with Crippen molar-refractivity contribution in [3.63, 3.8) is 0 Å². The SMILES string of the molecule is Cc1cc(N)cc(C)c1/N=N/c1ccc(O)cc1. The van der Waals surface area contributed by atoms with E-state index in [9.17, 15) is 5.11 Å². The third kappa shape index (κ3) is 2.66. The van der Waals surface area contributed by atoms with E-state index in [1.54, 1.807) is 24.3 Å². The molecule has 18 heavy (non-hydrogen) atoms. The van der Waals surface area contributed by atoms with Gasteiger partial charge in [-0.15, -0.1) is 0 Å². The molecular formula is C14H15N3O. The molecule has 0 aliphatic rings. The van der Waals surface area contributed by atoms with Crippen LogP contribution in [-0.4, -0.2) is 5.11 Å². The third-order valence-electron chi connectivity index (χ3n) is 2.63. The number of benzene rings is 2. The van der Waals surface area contributed by atoms with E-state index in [2.05, 4.69) is 10.2 Å². The predicted molar refractivity (Wildman–Crippen MR) is 72.6 cm³/mol. The fourth-order valence-corrected chi connectivity index (χ4v) is 1.77. The fourth-order valence-electron chi connectivity index (χ4n) is 1.77. The van der Waals surface area contributed by atoms with Gasteiger partial charge in [0.15, 0.2) is 0 Å². The number of azo groups is 1. The van der Waals surface area contributed by atoms with Crippen LogP contribution in [0.2, 0.25) is 0 Å². The molecule has 0 amide bonds. The molecular weight excluding hydrogens is 226 g/mol. The van der Waals surface area contributed by atoms with Crippen LogP contribution in [0.15, 0.2) is 46.6 Å². The Balaban J connectivity index is 2.31. The summed E-state index contributed by atoms with van der Waals surface area (Å²) in [7, 11) is 0. The van der Waals surface area contributed by atoms with Crippen LogP contribution in [0, 0.1) is 13.8 Å². The summed E-state index contributed by atoms with van der Waals surface area (Å²) in [5.41, 5.74) is 10.0. The van der Waals surface area contributed by atoms with Crippen molar-refractivity contribution < 1.29 is 5.11 Å². The molecule has 0 unspecified atom stereocenters. The summed E-state index contributed by atoms with van der Waals surface area (Å²) in [4.78, 5) is 0. The molecule has 3 N–H and O–H groups in total. The summed E-state index contributed by atoms with van der Waals surface area (Å²) in [6.45, 7) is 3.91. The number of aryl methyl sites for hydroxylation is 2. The highest BCUT2D eigenvalue weighted by Gasteiger charge is 2.02. The molecule has 0 saturated heterocycles. The molecule has 2 aromatic carbocycles. The van der Waals surface area contributed by atoms with E-state index in [4.69, 9.17) is 5.73 Å². The number of hydrogen-bond acceptors (Lipinski definition) is 4. The highest BCUT2D eigenvalue weighted by Crippen LogP contribution is 2.28. The van der Waals surface area contributed by atoms with Crippen LogP contribution in [0.25, 0.3) is 0 Å². The molecule has 0 aliphatic carbocycles. The van der Waals surface area contributed by atoms with Gasteiger partial charge in [-0.05, 0) is 61.4 Å². The standard InChI is InChI=1S/C14H15N3O/c1-9-7-11(15)8-10(2)14(9)17-16-12-3-5-13(18)6-4-12/h3-8,18H,15H2,1-2H3/b17-16+. The summed E-state index contributed by atoms with van der Waals surface area (Å²) in [5, 5.41) is 17.6.